The number of hydrogen-bond acceptors (Lipinski definition) is 1. The average Bonchev–Trinajstić information content (AvgIpc) is 2.34. The average molecular weight is 312 g/mol. The van der Waals surface area contributed by atoms with E-state index in [-0.39, 0.29) is 0 Å². The van der Waals surface area contributed by atoms with Crippen LogP contribution < -0.4 is 5.32 Å². The van der Waals surface area contributed by atoms with Crippen molar-refractivity contribution >= 4 is 15.9 Å². The molecular formula is C16H26BrN. The van der Waals surface area contributed by atoms with E-state index in [0.717, 1.165) is 12.5 Å². The number of rotatable bonds is 6. The van der Waals surface area contributed by atoms with Crippen LogP contribution in [0.25, 0.3) is 0 Å². The standard InChI is InChI=1S/C16H26BrN/c1-6-11(3)8-15(18-7-2)14-9-12(4)16(17)13(5)10-14/h9-11,15,18H,6-8H2,1-5H3. The predicted octanol–water partition coefficient (Wildman–Crippen LogP) is 5.15. The van der Waals surface area contributed by atoms with Crippen molar-refractivity contribution in [2.75, 3.05) is 6.54 Å². The fourth-order valence-electron chi connectivity index (χ4n) is 2.33. The van der Waals surface area contributed by atoms with Crippen LogP contribution in [0.15, 0.2) is 16.6 Å². The fraction of sp³-hybridized carbons (Fsp3) is 0.625. The molecule has 0 heterocycles. The number of nitrogens with one attached hydrogen (secondary N) is 1. The second-order valence-electron chi connectivity index (χ2n) is 5.33. The van der Waals surface area contributed by atoms with Crippen molar-refractivity contribution in [1.29, 1.82) is 0 Å². The van der Waals surface area contributed by atoms with Gasteiger partial charge in [-0.15, -0.1) is 0 Å². The summed E-state index contributed by atoms with van der Waals surface area (Å²) in [6, 6.07) is 5.11. The Morgan fingerprint density at radius 1 is 1.17 bits per heavy atom. The van der Waals surface area contributed by atoms with Gasteiger partial charge < -0.3 is 5.32 Å². The van der Waals surface area contributed by atoms with E-state index in [1.165, 1.54) is 34.0 Å². The zero-order valence-corrected chi connectivity index (χ0v) is 13.9. The van der Waals surface area contributed by atoms with Crippen molar-refractivity contribution in [2.45, 2.75) is 53.5 Å². The number of halogens is 1. The predicted molar refractivity (Wildman–Crippen MR) is 84.1 cm³/mol. The molecule has 0 fully saturated rings. The Balaban J connectivity index is 2.98. The molecule has 0 aliphatic rings. The van der Waals surface area contributed by atoms with E-state index in [2.05, 4.69) is 68.0 Å². The van der Waals surface area contributed by atoms with Crippen LogP contribution in [-0.2, 0) is 0 Å². The smallest absolute Gasteiger partial charge is 0.0322 e. The minimum atomic E-state index is 0.482. The highest BCUT2D eigenvalue weighted by Gasteiger charge is 2.15. The molecule has 2 unspecified atom stereocenters. The molecule has 0 saturated carbocycles. The third-order valence-electron chi connectivity index (χ3n) is 3.65. The van der Waals surface area contributed by atoms with Crippen LogP contribution in [-0.4, -0.2) is 6.54 Å². The first-order valence-corrected chi connectivity index (χ1v) is 7.78. The molecule has 0 amide bonds. The highest BCUT2D eigenvalue weighted by molar-refractivity contribution is 9.10. The van der Waals surface area contributed by atoms with Crippen LogP contribution in [0.1, 0.15) is 56.3 Å². The van der Waals surface area contributed by atoms with Gasteiger partial charge >= 0.3 is 0 Å². The summed E-state index contributed by atoms with van der Waals surface area (Å²) in [4.78, 5) is 0. The van der Waals surface area contributed by atoms with Crippen molar-refractivity contribution < 1.29 is 0 Å². The number of hydrogen-bond donors (Lipinski definition) is 1. The lowest BCUT2D eigenvalue weighted by Gasteiger charge is -2.23. The monoisotopic (exact) mass is 311 g/mol. The molecule has 0 spiro atoms. The maximum Gasteiger partial charge on any atom is 0.0322 e. The Hall–Kier alpha value is -0.340. The lowest BCUT2D eigenvalue weighted by Crippen LogP contribution is -2.23. The number of aryl methyl sites for hydroxylation is 2. The molecule has 0 aromatic heterocycles. The van der Waals surface area contributed by atoms with Crippen LogP contribution in [0.3, 0.4) is 0 Å². The first-order chi connectivity index (χ1) is 8.49. The maximum absolute atomic E-state index is 3.65. The molecule has 0 radical (unpaired) electrons. The zero-order chi connectivity index (χ0) is 13.7. The molecule has 2 heteroatoms. The lowest BCUT2D eigenvalue weighted by molar-refractivity contribution is 0.408. The molecule has 0 aliphatic heterocycles. The van der Waals surface area contributed by atoms with E-state index in [1.807, 2.05) is 0 Å². The van der Waals surface area contributed by atoms with Gasteiger partial charge in [-0.05, 0) is 49.4 Å². The SMILES string of the molecule is CCNC(CC(C)CC)c1cc(C)c(Br)c(C)c1. The molecule has 0 bridgehead atoms. The van der Waals surface area contributed by atoms with E-state index in [9.17, 15) is 0 Å². The molecule has 0 saturated heterocycles. The molecule has 1 nitrogen and oxygen atoms in total. The maximum atomic E-state index is 3.65. The Labute approximate surface area is 120 Å². The Bertz CT molecular complexity index is 364. The number of benzene rings is 1. The van der Waals surface area contributed by atoms with Gasteiger partial charge in [-0.3, -0.25) is 0 Å². The van der Waals surface area contributed by atoms with Gasteiger partial charge in [-0.25, -0.2) is 0 Å². The third kappa shape index (κ3) is 4.10. The molecule has 1 rings (SSSR count). The largest absolute Gasteiger partial charge is 0.310 e. The lowest BCUT2D eigenvalue weighted by atomic mass is 9.92. The molecule has 0 aliphatic carbocycles. The van der Waals surface area contributed by atoms with E-state index < -0.39 is 0 Å². The van der Waals surface area contributed by atoms with Crippen molar-refractivity contribution in [3.05, 3.63) is 33.3 Å². The highest BCUT2D eigenvalue weighted by Crippen LogP contribution is 2.29. The molecule has 1 aromatic carbocycles. The van der Waals surface area contributed by atoms with Crippen LogP contribution in [0, 0.1) is 19.8 Å². The second kappa shape index (κ2) is 7.30. The van der Waals surface area contributed by atoms with Gasteiger partial charge in [0.15, 0.2) is 0 Å². The van der Waals surface area contributed by atoms with Crippen LogP contribution in [0.2, 0.25) is 0 Å². The van der Waals surface area contributed by atoms with Gasteiger partial charge in [0.1, 0.15) is 0 Å². The van der Waals surface area contributed by atoms with E-state index >= 15 is 0 Å². The fourth-order valence-corrected chi connectivity index (χ4v) is 2.56. The van der Waals surface area contributed by atoms with Gasteiger partial charge in [0.05, 0.1) is 0 Å². The molecular weight excluding hydrogens is 286 g/mol. The van der Waals surface area contributed by atoms with E-state index in [0.29, 0.717) is 6.04 Å². The normalized spacial score (nSPS) is 14.6. The van der Waals surface area contributed by atoms with Gasteiger partial charge in [0, 0.05) is 10.5 Å². The molecule has 1 N–H and O–H groups in total. The molecule has 1 aromatic rings. The summed E-state index contributed by atoms with van der Waals surface area (Å²) < 4.78 is 1.24. The zero-order valence-electron chi connectivity index (χ0n) is 12.3. The van der Waals surface area contributed by atoms with Crippen LogP contribution in [0.4, 0.5) is 0 Å². The van der Waals surface area contributed by atoms with Crippen molar-refractivity contribution in [2.24, 2.45) is 5.92 Å². The Morgan fingerprint density at radius 3 is 2.17 bits per heavy atom. The van der Waals surface area contributed by atoms with Gasteiger partial charge in [-0.2, -0.15) is 0 Å². The summed E-state index contributed by atoms with van der Waals surface area (Å²) in [7, 11) is 0. The molecule has 2 atom stereocenters. The quantitative estimate of drug-likeness (QED) is 0.765. The summed E-state index contributed by atoms with van der Waals surface area (Å²) in [5, 5.41) is 3.62. The summed E-state index contributed by atoms with van der Waals surface area (Å²) in [5.74, 6) is 0.762. The van der Waals surface area contributed by atoms with Crippen molar-refractivity contribution in [3.63, 3.8) is 0 Å². The summed E-state index contributed by atoms with van der Waals surface area (Å²) >= 11 is 3.65. The minimum absolute atomic E-state index is 0.482. The van der Waals surface area contributed by atoms with Crippen LogP contribution in [0.5, 0.6) is 0 Å². The Morgan fingerprint density at radius 2 is 1.72 bits per heavy atom. The molecule has 102 valence electrons. The van der Waals surface area contributed by atoms with Crippen LogP contribution >= 0.6 is 15.9 Å². The Kier molecular flexibility index (Phi) is 6.37. The van der Waals surface area contributed by atoms with E-state index in [1.54, 1.807) is 0 Å². The molecule has 18 heavy (non-hydrogen) atoms. The summed E-state index contributed by atoms with van der Waals surface area (Å²) in [6.45, 7) is 12.2. The van der Waals surface area contributed by atoms with Gasteiger partial charge in [0.25, 0.3) is 0 Å². The first-order valence-electron chi connectivity index (χ1n) is 6.99. The second-order valence-corrected chi connectivity index (χ2v) is 6.12. The van der Waals surface area contributed by atoms with Gasteiger partial charge in [-0.1, -0.05) is 55.3 Å². The van der Waals surface area contributed by atoms with E-state index in [4.69, 9.17) is 0 Å². The van der Waals surface area contributed by atoms with Gasteiger partial charge in [0.2, 0.25) is 0 Å². The highest BCUT2D eigenvalue weighted by atomic mass is 79.9. The summed E-state index contributed by atoms with van der Waals surface area (Å²) in [6.07, 6.45) is 2.46. The topological polar surface area (TPSA) is 12.0 Å². The van der Waals surface area contributed by atoms with Crippen molar-refractivity contribution in [3.8, 4) is 0 Å². The van der Waals surface area contributed by atoms with Crippen molar-refractivity contribution in [1.82, 2.24) is 5.32 Å². The summed E-state index contributed by atoms with van der Waals surface area (Å²) in [5.41, 5.74) is 4.09. The third-order valence-corrected chi connectivity index (χ3v) is 4.90. The minimum Gasteiger partial charge on any atom is -0.310 e. The first kappa shape index (κ1) is 15.7.